The largest absolute Gasteiger partial charge is 0.345 e. The van der Waals surface area contributed by atoms with Gasteiger partial charge < -0.3 is 5.32 Å². The monoisotopic (exact) mass is 326 g/mol. The first kappa shape index (κ1) is 17.7. The number of nitro benzene ring substituents is 1. The van der Waals surface area contributed by atoms with Crippen molar-refractivity contribution in [3.63, 3.8) is 0 Å². The van der Waals surface area contributed by atoms with E-state index in [1.807, 2.05) is 19.9 Å². The number of amides is 1. The van der Waals surface area contributed by atoms with Crippen molar-refractivity contribution in [2.45, 2.75) is 40.2 Å². The molecule has 0 aliphatic rings. The van der Waals surface area contributed by atoms with Crippen LogP contribution >= 0.6 is 0 Å². The lowest BCUT2D eigenvalue weighted by Crippen LogP contribution is -2.28. The van der Waals surface area contributed by atoms with E-state index in [9.17, 15) is 14.9 Å². The third kappa shape index (κ3) is 3.79. The molecule has 0 fully saturated rings. The van der Waals surface area contributed by atoms with E-state index in [0.29, 0.717) is 11.1 Å². The molecule has 0 aliphatic carbocycles. The molecule has 0 aliphatic heterocycles. The summed E-state index contributed by atoms with van der Waals surface area (Å²) in [6, 6.07) is 10.5. The van der Waals surface area contributed by atoms with Crippen molar-refractivity contribution in [2.75, 3.05) is 0 Å². The lowest BCUT2D eigenvalue weighted by molar-refractivity contribution is -0.385. The van der Waals surface area contributed by atoms with Gasteiger partial charge in [-0.2, -0.15) is 0 Å². The van der Waals surface area contributed by atoms with Gasteiger partial charge in [-0.05, 0) is 56.0 Å². The summed E-state index contributed by atoms with van der Waals surface area (Å²) in [6.45, 7) is 7.75. The van der Waals surface area contributed by atoms with Gasteiger partial charge in [-0.3, -0.25) is 14.9 Å². The summed E-state index contributed by atoms with van der Waals surface area (Å²) >= 11 is 0. The molecule has 0 bridgehead atoms. The van der Waals surface area contributed by atoms with Crippen LogP contribution in [-0.4, -0.2) is 10.8 Å². The SMILES string of the molecule is CCC(NC(=O)c1ccc([N+](=O)[O-])c(C)c1)c1ccc(C)c(C)c1. The van der Waals surface area contributed by atoms with Crippen molar-refractivity contribution in [1.29, 1.82) is 0 Å². The third-order valence-corrected chi connectivity index (χ3v) is 4.30. The highest BCUT2D eigenvalue weighted by atomic mass is 16.6. The lowest BCUT2D eigenvalue weighted by atomic mass is 9.99. The van der Waals surface area contributed by atoms with E-state index in [4.69, 9.17) is 0 Å². The van der Waals surface area contributed by atoms with Gasteiger partial charge in [0.1, 0.15) is 0 Å². The lowest BCUT2D eigenvalue weighted by Gasteiger charge is -2.19. The number of carbonyl (C=O) groups excluding carboxylic acids is 1. The topological polar surface area (TPSA) is 72.2 Å². The summed E-state index contributed by atoms with van der Waals surface area (Å²) in [5.41, 5.74) is 4.39. The van der Waals surface area contributed by atoms with Gasteiger partial charge in [0.2, 0.25) is 0 Å². The summed E-state index contributed by atoms with van der Waals surface area (Å²) in [7, 11) is 0. The number of aryl methyl sites for hydroxylation is 3. The van der Waals surface area contributed by atoms with E-state index >= 15 is 0 Å². The molecule has 2 rings (SSSR count). The molecular formula is C19H22N2O3. The molecule has 1 unspecified atom stereocenters. The van der Waals surface area contributed by atoms with Crippen LogP contribution in [0.2, 0.25) is 0 Å². The molecule has 126 valence electrons. The second-order valence-electron chi connectivity index (χ2n) is 6.04. The Morgan fingerprint density at radius 2 is 1.79 bits per heavy atom. The highest BCUT2D eigenvalue weighted by molar-refractivity contribution is 5.95. The van der Waals surface area contributed by atoms with Crippen molar-refractivity contribution in [3.8, 4) is 0 Å². The van der Waals surface area contributed by atoms with Crippen LogP contribution in [0.15, 0.2) is 36.4 Å². The zero-order valence-electron chi connectivity index (χ0n) is 14.4. The van der Waals surface area contributed by atoms with Crippen LogP contribution in [0.3, 0.4) is 0 Å². The van der Waals surface area contributed by atoms with Crippen molar-refractivity contribution in [2.24, 2.45) is 0 Å². The van der Waals surface area contributed by atoms with Gasteiger partial charge in [0, 0.05) is 17.2 Å². The summed E-state index contributed by atoms with van der Waals surface area (Å²) in [5, 5.41) is 13.9. The zero-order chi connectivity index (χ0) is 17.9. The fourth-order valence-corrected chi connectivity index (χ4v) is 2.65. The number of nitrogens with one attached hydrogen (secondary N) is 1. The van der Waals surface area contributed by atoms with Gasteiger partial charge in [-0.25, -0.2) is 0 Å². The minimum Gasteiger partial charge on any atom is -0.345 e. The van der Waals surface area contributed by atoms with Crippen LogP contribution in [0.5, 0.6) is 0 Å². The summed E-state index contributed by atoms with van der Waals surface area (Å²) < 4.78 is 0. The Bertz CT molecular complexity index is 784. The molecule has 24 heavy (non-hydrogen) atoms. The van der Waals surface area contributed by atoms with E-state index in [0.717, 1.165) is 12.0 Å². The molecule has 0 saturated heterocycles. The Morgan fingerprint density at radius 1 is 1.08 bits per heavy atom. The number of hydrogen-bond acceptors (Lipinski definition) is 3. The number of hydrogen-bond donors (Lipinski definition) is 1. The highest BCUT2D eigenvalue weighted by Gasteiger charge is 2.17. The Balaban J connectivity index is 2.21. The molecule has 2 aromatic rings. The number of carbonyl (C=O) groups is 1. The average molecular weight is 326 g/mol. The van der Waals surface area contributed by atoms with Crippen LogP contribution in [0.1, 0.15) is 52.0 Å². The molecule has 0 heterocycles. The van der Waals surface area contributed by atoms with Crippen LogP contribution < -0.4 is 5.32 Å². The Kier molecular flexibility index (Phi) is 5.34. The standard InChI is InChI=1S/C19H22N2O3/c1-5-17(15-7-6-12(2)13(3)10-15)20-19(22)16-8-9-18(21(23)24)14(4)11-16/h6-11,17H,5H2,1-4H3,(H,20,22). The number of benzene rings is 2. The van der Waals surface area contributed by atoms with Gasteiger partial charge in [0.25, 0.3) is 11.6 Å². The number of nitro groups is 1. The summed E-state index contributed by atoms with van der Waals surface area (Å²) in [4.78, 5) is 22.9. The van der Waals surface area contributed by atoms with Crippen molar-refractivity contribution >= 4 is 11.6 Å². The zero-order valence-corrected chi connectivity index (χ0v) is 14.4. The minimum absolute atomic E-state index is 0.0211. The molecule has 1 N–H and O–H groups in total. The van der Waals surface area contributed by atoms with Crippen molar-refractivity contribution in [1.82, 2.24) is 5.32 Å². The fraction of sp³-hybridized carbons (Fsp3) is 0.316. The quantitative estimate of drug-likeness (QED) is 0.654. The van der Waals surface area contributed by atoms with Gasteiger partial charge in [0.15, 0.2) is 0 Å². The Morgan fingerprint density at radius 3 is 2.33 bits per heavy atom. The predicted octanol–water partition coefficient (Wildman–Crippen LogP) is 4.40. The van der Waals surface area contributed by atoms with Gasteiger partial charge in [-0.1, -0.05) is 25.1 Å². The van der Waals surface area contributed by atoms with Crippen molar-refractivity contribution < 1.29 is 9.72 Å². The predicted molar refractivity (Wildman–Crippen MR) is 94.2 cm³/mol. The average Bonchev–Trinajstić information content (AvgIpc) is 2.54. The van der Waals surface area contributed by atoms with Crippen LogP contribution in [-0.2, 0) is 0 Å². The van der Waals surface area contributed by atoms with Gasteiger partial charge >= 0.3 is 0 Å². The van der Waals surface area contributed by atoms with Gasteiger partial charge in [-0.15, -0.1) is 0 Å². The van der Waals surface area contributed by atoms with E-state index in [1.54, 1.807) is 13.0 Å². The van der Waals surface area contributed by atoms with Gasteiger partial charge in [0.05, 0.1) is 11.0 Å². The summed E-state index contributed by atoms with van der Waals surface area (Å²) in [5.74, 6) is -0.224. The normalized spacial score (nSPS) is 11.8. The highest BCUT2D eigenvalue weighted by Crippen LogP contribution is 2.22. The molecule has 5 heteroatoms. The third-order valence-electron chi connectivity index (χ3n) is 4.30. The maximum Gasteiger partial charge on any atom is 0.272 e. The Labute approximate surface area is 141 Å². The first-order chi connectivity index (χ1) is 11.3. The molecule has 0 spiro atoms. The first-order valence-corrected chi connectivity index (χ1v) is 7.96. The fourth-order valence-electron chi connectivity index (χ4n) is 2.65. The maximum absolute atomic E-state index is 12.5. The summed E-state index contributed by atoms with van der Waals surface area (Å²) in [6.07, 6.45) is 0.764. The van der Waals surface area contributed by atoms with Crippen LogP contribution in [0, 0.1) is 30.9 Å². The van der Waals surface area contributed by atoms with E-state index in [2.05, 4.69) is 24.4 Å². The maximum atomic E-state index is 12.5. The minimum atomic E-state index is -0.444. The number of rotatable bonds is 5. The smallest absolute Gasteiger partial charge is 0.272 e. The van der Waals surface area contributed by atoms with E-state index < -0.39 is 4.92 Å². The van der Waals surface area contributed by atoms with Crippen LogP contribution in [0.4, 0.5) is 5.69 Å². The van der Waals surface area contributed by atoms with E-state index in [-0.39, 0.29) is 17.6 Å². The number of nitrogens with zero attached hydrogens (tertiary/aromatic N) is 1. The molecule has 1 atom stereocenters. The molecule has 0 aromatic heterocycles. The molecule has 0 saturated carbocycles. The molecule has 2 aromatic carbocycles. The first-order valence-electron chi connectivity index (χ1n) is 7.96. The van der Waals surface area contributed by atoms with Crippen LogP contribution in [0.25, 0.3) is 0 Å². The molecular weight excluding hydrogens is 304 g/mol. The Hall–Kier alpha value is -2.69. The van der Waals surface area contributed by atoms with Crippen molar-refractivity contribution in [3.05, 3.63) is 74.3 Å². The molecule has 0 radical (unpaired) electrons. The second kappa shape index (κ2) is 7.25. The molecule has 1 amide bonds. The molecule has 5 nitrogen and oxygen atoms in total. The second-order valence-corrected chi connectivity index (χ2v) is 6.04. The van der Waals surface area contributed by atoms with E-state index in [1.165, 1.54) is 23.3 Å².